The van der Waals surface area contributed by atoms with E-state index in [1.165, 1.54) is 5.56 Å². The second-order valence-corrected chi connectivity index (χ2v) is 7.15. The quantitative estimate of drug-likeness (QED) is 0.746. The molecule has 2 amide bonds. The normalized spacial score (nSPS) is 16.4. The van der Waals surface area contributed by atoms with Gasteiger partial charge in [-0.25, -0.2) is 4.68 Å². The molecular formula is C22H22N4O2. The Kier molecular flexibility index (Phi) is 4.93. The highest BCUT2D eigenvalue weighted by Gasteiger charge is 2.34. The minimum atomic E-state index is -0.341. The molecule has 28 heavy (non-hydrogen) atoms. The summed E-state index contributed by atoms with van der Waals surface area (Å²) >= 11 is 0. The monoisotopic (exact) mass is 374 g/mol. The molecule has 0 spiro atoms. The molecule has 1 fully saturated rings. The molecule has 1 aromatic heterocycles. The lowest BCUT2D eigenvalue weighted by Gasteiger charge is -2.17. The van der Waals surface area contributed by atoms with Crippen molar-refractivity contribution < 1.29 is 9.59 Å². The number of carbonyl (C=O) groups excluding carboxylic acids is 2. The first-order chi connectivity index (χ1) is 13.6. The van der Waals surface area contributed by atoms with Crippen molar-refractivity contribution in [2.24, 2.45) is 5.92 Å². The number of nitrogens with zero attached hydrogens (tertiary/aromatic N) is 3. The van der Waals surface area contributed by atoms with Gasteiger partial charge >= 0.3 is 0 Å². The van der Waals surface area contributed by atoms with E-state index >= 15 is 0 Å². The van der Waals surface area contributed by atoms with Gasteiger partial charge in [-0.15, -0.1) is 0 Å². The topological polar surface area (TPSA) is 67.2 Å². The molecule has 1 atom stereocenters. The highest BCUT2D eigenvalue weighted by molar-refractivity contribution is 5.97. The fraction of sp³-hybridized carbons (Fsp3) is 0.227. The maximum atomic E-state index is 12.7. The Labute approximate surface area is 163 Å². The number of aryl methyl sites for hydroxylation is 1. The first-order valence-electron chi connectivity index (χ1n) is 9.33. The van der Waals surface area contributed by atoms with Crippen LogP contribution >= 0.6 is 0 Å². The number of nitrogens with one attached hydrogen (secondary N) is 1. The van der Waals surface area contributed by atoms with Crippen LogP contribution in [0.3, 0.4) is 0 Å². The number of anilines is 1. The molecule has 0 bridgehead atoms. The van der Waals surface area contributed by atoms with Gasteiger partial charge in [-0.3, -0.25) is 9.59 Å². The summed E-state index contributed by atoms with van der Waals surface area (Å²) < 4.78 is 1.73. The lowest BCUT2D eigenvalue weighted by atomic mass is 10.1. The van der Waals surface area contributed by atoms with E-state index in [1.807, 2.05) is 67.7 Å². The average molecular weight is 374 g/mol. The molecule has 1 N–H and O–H groups in total. The lowest BCUT2D eigenvalue weighted by molar-refractivity contribution is -0.128. The summed E-state index contributed by atoms with van der Waals surface area (Å²) in [5, 5.41) is 7.14. The third-order valence-electron chi connectivity index (χ3n) is 4.96. The average Bonchev–Trinajstić information content (AvgIpc) is 3.34. The van der Waals surface area contributed by atoms with E-state index in [9.17, 15) is 9.59 Å². The van der Waals surface area contributed by atoms with E-state index in [1.54, 1.807) is 15.8 Å². The molecule has 0 radical (unpaired) electrons. The van der Waals surface area contributed by atoms with Gasteiger partial charge in [-0.2, -0.15) is 5.10 Å². The Morgan fingerprint density at radius 3 is 2.75 bits per heavy atom. The Bertz CT molecular complexity index is 980. The third-order valence-corrected chi connectivity index (χ3v) is 4.96. The van der Waals surface area contributed by atoms with E-state index in [2.05, 4.69) is 10.4 Å². The molecule has 6 nitrogen and oxygen atoms in total. The first kappa shape index (κ1) is 18.0. The number of aromatic nitrogens is 2. The molecule has 6 heteroatoms. The zero-order valence-corrected chi connectivity index (χ0v) is 15.7. The molecular weight excluding hydrogens is 352 g/mol. The molecule has 142 valence electrons. The van der Waals surface area contributed by atoms with Crippen LogP contribution in [0.15, 0.2) is 67.0 Å². The summed E-state index contributed by atoms with van der Waals surface area (Å²) in [7, 11) is 0. The molecule has 1 aliphatic rings. The van der Waals surface area contributed by atoms with Crippen LogP contribution in [0.25, 0.3) is 5.69 Å². The number of carbonyl (C=O) groups is 2. The zero-order chi connectivity index (χ0) is 19.5. The Balaban J connectivity index is 1.40. The van der Waals surface area contributed by atoms with E-state index < -0.39 is 0 Å². The summed E-state index contributed by atoms with van der Waals surface area (Å²) in [4.78, 5) is 26.8. The van der Waals surface area contributed by atoms with Crippen molar-refractivity contribution in [3.8, 4) is 5.69 Å². The van der Waals surface area contributed by atoms with Crippen LogP contribution in [0, 0.1) is 12.8 Å². The number of hydrogen-bond acceptors (Lipinski definition) is 3. The lowest BCUT2D eigenvalue weighted by Crippen LogP contribution is -2.28. The minimum absolute atomic E-state index is 0.0195. The second kappa shape index (κ2) is 7.68. The smallest absolute Gasteiger partial charge is 0.229 e. The first-order valence-corrected chi connectivity index (χ1v) is 9.33. The van der Waals surface area contributed by atoms with Crippen LogP contribution in [0.5, 0.6) is 0 Å². The van der Waals surface area contributed by atoms with Gasteiger partial charge in [0.15, 0.2) is 0 Å². The van der Waals surface area contributed by atoms with Crippen molar-refractivity contribution in [1.82, 2.24) is 14.7 Å². The van der Waals surface area contributed by atoms with Crippen molar-refractivity contribution in [2.75, 3.05) is 11.9 Å². The fourth-order valence-corrected chi connectivity index (χ4v) is 3.41. The van der Waals surface area contributed by atoms with Crippen molar-refractivity contribution in [3.63, 3.8) is 0 Å². The van der Waals surface area contributed by atoms with Crippen molar-refractivity contribution in [1.29, 1.82) is 0 Å². The van der Waals surface area contributed by atoms with Crippen LogP contribution in [-0.2, 0) is 16.1 Å². The van der Waals surface area contributed by atoms with E-state index in [-0.39, 0.29) is 24.2 Å². The van der Waals surface area contributed by atoms with Crippen LogP contribution in [0.4, 0.5) is 5.69 Å². The molecule has 3 aromatic rings. The molecule has 0 unspecified atom stereocenters. The summed E-state index contributed by atoms with van der Waals surface area (Å²) in [6, 6.07) is 17.5. The SMILES string of the molecule is Cc1ccc(CN2C[C@H](C(=O)Nc3cccc(-n4cccn4)c3)CC2=O)cc1. The van der Waals surface area contributed by atoms with Crippen LogP contribution in [0.2, 0.25) is 0 Å². The number of hydrogen-bond donors (Lipinski definition) is 1. The highest BCUT2D eigenvalue weighted by atomic mass is 16.2. The molecule has 1 saturated heterocycles. The van der Waals surface area contributed by atoms with E-state index in [0.29, 0.717) is 18.8 Å². The van der Waals surface area contributed by atoms with Gasteiger partial charge in [0, 0.05) is 37.6 Å². The van der Waals surface area contributed by atoms with Gasteiger partial charge in [0.05, 0.1) is 11.6 Å². The summed E-state index contributed by atoms with van der Waals surface area (Å²) in [5.74, 6) is -0.449. The number of rotatable bonds is 5. The van der Waals surface area contributed by atoms with E-state index in [4.69, 9.17) is 0 Å². The van der Waals surface area contributed by atoms with Crippen molar-refractivity contribution >= 4 is 17.5 Å². The van der Waals surface area contributed by atoms with Crippen LogP contribution < -0.4 is 5.32 Å². The predicted octanol–water partition coefficient (Wildman–Crippen LogP) is 3.17. The Morgan fingerprint density at radius 2 is 2.00 bits per heavy atom. The maximum absolute atomic E-state index is 12.7. The molecule has 0 saturated carbocycles. The van der Waals surface area contributed by atoms with Crippen molar-refractivity contribution in [3.05, 3.63) is 78.1 Å². The van der Waals surface area contributed by atoms with Crippen molar-refractivity contribution in [2.45, 2.75) is 19.9 Å². The third kappa shape index (κ3) is 3.96. The molecule has 0 aliphatic carbocycles. The Morgan fingerprint density at radius 1 is 1.18 bits per heavy atom. The fourth-order valence-electron chi connectivity index (χ4n) is 3.41. The minimum Gasteiger partial charge on any atom is -0.338 e. The summed E-state index contributed by atoms with van der Waals surface area (Å²) in [6.07, 6.45) is 3.80. The van der Waals surface area contributed by atoms with Gasteiger partial charge in [-0.05, 0) is 36.8 Å². The number of likely N-dealkylation sites (tertiary alicyclic amines) is 1. The van der Waals surface area contributed by atoms with E-state index in [0.717, 1.165) is 11.3 Å². The van der Waals surface area contributed by atoms with Crippen LogP contribution in [-0.4, -0.2) is 33.0 Å². The second-order valence-electron chi connectivity index (χ2n) is 7.15. The van der Waals surface area contributed by atoms with Gasteiger partial charge in [0.25, 0.3) is 0 Å². The van der Waals surface area contributed by atoms with Gasteiger partial charge in [-0.1, -0.05) is 35.9 Å². The maximum Gasteiger partial charge on any atom is 0.229 e. The molecule has 2 heterocycles. The number of amides is 2. The standard InChI is InChI=1S/C22H22N4O2/c1-16-6-8-17(9-7-16)14-25-15-18(12-21(25)27)22(28)24-19-4-2-5-20(13-19)26-11-3-10-23-26/h2-11,13,18H,12,14-15H2,1H3,(H,24,28)/t18-/m1/s1. The largest absolute Gasteiger partial charge is 0.338 e. The summed E-state index contributed by atoms with van der Waals surface area (Å²) in [6.45, 7) is 3.02. The molecule has 4 rings (SSSR count). The zero-order valence-electron chi connectivity index (χ0n) is 15.7. The van der Waals surface area contributed by atoms with Gasteiger partial charge < -0.3 is 10.2 Å². The van der Waals surface area contributed by atoms with Gasteiger partial charge in [0.2, 0.25) is 11.8 Å². The van der Waals surface area contributed by atoms with Crippen LogP contribution in [0.1, 0.15) is 17.5 Å². The number of benzene rings is 2. The predicted molar refractivity (Wildman–Crippen MR) is 107 cm³/mol. The molecule has 1 aliphatic heterocycles. The molecule has 2 aromatic carbocycles. The van der Waals surface area contributed by atoms with Gasteiger partial charge in [0.1, 0.15) is 0 Å². The Hall–Kier alpha value is -3.41. The summed E-state index contributed by atoms with van der Waals surface area (Å²) in [5.41, 5.74) is 3.83. The highest BCUT2D eigenvalue weighted by Crippen LogP contribution is 2.23.